The number of rotatable bonds is 4. The van der Waals surface area contributed by atoms with E-state index in [2.05, 4.69) is 5.32 Å². The molecule has 3 nitrogen and oxygen atoms in total. The number of alkyl halides is 1. The van der Waals surface area contributed by atoms with E-state index in [1.54, 1.807) is 0 Å². The highest BCUT2D eigenvalue weighted by molar-refractivity contribution is 6.17. The Morgan fingerprint density at radius 3 is 3.06 bits per heavy atom. The average Bonchev–Trinajstić information content (AvgIpc) is 2.72. The van der Waals surface area contributed by atoms with Crippen LogP contribution < -0.4 is 10.1 Å². The largest absolute Gasteiger partial charge is 0.480 e. The predicted molar refractivity (Wildman–Crippen MR) is 67.5 cm³/mol. The van der Waals surface area contributed by atoms with Crippen molar-refractivity contribution in [2.75, 3.05) is 5.88 Å². The Morgan fingerprint density at radius 2 is 2.35 bits per heavy atom. The van der Waals surface area contributed by atoms with Gasteiger partial charge in [-0.1, -0.05) is 18.2 Å². The molecular weight excluding hydrogens is 238 g/mol. The molecule has 17 heavy (non-hydrogen) atoms. The van der Waals surface area contributed by atoms with Gasteiger partial charge < -0.3 is 10.1 Å². The van der Waals surface area contributed by atoms with Crippen molar-refractivity contribution in [2.45, 2.75) is 31.9 Å². The lowest BCUT2D eigenvalue weighted by Gasteiger charge is -2.16. The summed E-state index contributed by atoms with van der Waals surface area (Å²) >= 11 is 5.63. The van der Waals surface area contributed by atoms with Crippen LogP contribution in [0.5, 0.6) is 5.75 Å². The Balaban J connectivity index is 1.92. The Bertz CT molecular complexity index is 383. The fourth-order valence-corrected chi connectivity index (χ4v) is 2.23. The maximum atomic E-state index is 11.9. The maximum Gasteiger partial charge on any atom is 0.261 e. The van der Waals surface area contributed by atoms with E-state index in [0.717, 1.165) is 17.7 Å². The van der Waals surface area contributed by atoms with Crippen LogP contribution in [0.1, 0.15) is 18.9 Å². The monoisotopic (exact) mass is 253 g/mol. The highest BCUT2D eigenvalue weighted by Crippen LogP contribution is 2.28. The van der Waals surface area contributed by atoms with Crippen molar-refractivity contribution in [2.24, 2.45) is 0 Å². The number of amides is 1. The third kappa shape index (κ3) is 2.91. The summed E-state index contributed by atoms with van der Waals surface area (Å²) in [4.78, 5) is 11.9. The Hall–Kier alpha value is -1.22. The van der Waals surface area contributed by atoms with Gasteiger partial charge in [-0.15, -0.1) is 11.6 Å². The third-order valence-corrected chi connectivity index (χ3v) is 3.09. The summed E-state index contributed by atoms with van der Waals surface area (Å²) < 4.78 is 5.60. The van der Waals surface area contributed by atoms with Gasteiger partial charge in [0.25, 0.3) is 5.91 Å². The van der Waals surface area contributed by atoms with Gasteiger partial charge in [0.1, 0.15) is 5.75 Å². The fourth-order valence-electron chi connectivity index (χ4n) is 1.90. The first-order valence-corrected chi connectivity index (χ1v) is 6.35. The van der Waals surface area contributed by atoms with Crippen LogP contribution in [0.3, 0.4) is 0 Å². The highest BCUT2D eigenvalue weighted by atomic mass is 35.5. The standard InChI is InChI=1S/C13H16ClNO2/c1-9(6-7-14)15-13(16)12-8-10-4-2-3-5-11(10)17-12/h2-5,9,12H,6-8H2,1H3,(H,15,16). The Kier molecular flexibility index (Phi) is 3.89. The molecule has 0 spiro atoms. The second-order valence-electron chi connectivity index (χ2n) is 4.31. The summed E-state index contributed by atoms with van der Waals surface area (Å²) in [5, 5.41) is 2.91. The van der Waals surface area contributed by atoms with E-state index in [1.165, 1.54) is 0 Å². The Labute approximate surface area is 106 Å². The molecule has 0 aliphatic carbocycles. The second-order valence-corrected chi connectivity index (χ2v) is 4.68. The second kappa shape index (κ2) is 5.41. The first-order valence-electron chi connectivity index (χ1n) is 5.81. The third-order valence-electron chi connectivity index (χ3n) is 2.87. The maximum absolute atomic E-state index is 11.9. The molecule has 0 fully saturated rings. The zero-order valence-corrected chi connectivity index (χ0v) is 10.5. The first kappa shape index (κ1) is 12.2. The van der Waals surface area contributed by atoms with E-state index in [9.17, 15) is 4.79 Å². The number of fused-ring (bicyclic) bond motifs is 1. The van der Waals surface area contributed by atoms with E-state index in [4.69, 9.17) is 16.3 Å². The molecule has 2 unspecified atom stereocenters. The van der Waals surface area contributed by atoms with Gasteiger partial charge in [0, 0.05) is 18.3 Å². The van der Waals surface area contributed by atoms with Crippen LogP contribution in [-0.4, -0.2) is 23.9 Å². The van der Waals surface area contributed by atoms with Crippen molar-refractivity contribution in [1.82, 2.24) is 5.32 Å². The van der Waals surface area contributed by atoms with Crippen molar-refractivity contribution < 1.29 is 9.53 Å². The van der Waals surface area contributed by atoms with Gasteiger partial charge in [-0.05, 0) is 25.0 Å². The van der Waals surface area contributed by atoms with E-state index in [0.29, 0.717) is 12.3 Å². The molecule has 1 amide bonds. The fraction of sp³-hybridized carbons (Fsp3) is 0.462. The number of carbonyl (C=O) groups excluding carboxylic acids is 1. The van der Waals surface area contributed by atoms with Crippen LogP contribution in [0.15, 0.2) is 24.3 Å². The summed E-state index contributed by atoms with van der Waals surface area (Å²) in [6, 6.07) is 7.84. The lowest BCUT2D eigenvalue weighted by Crippen LogP contribution is -2.42. The molecular formula is C13H16ClNO2. The molecule has 1 aromatic rings. The van der Waals surface area contributed by atoms with Gasteiger partial charge >= 0.3 is 0 Å². The van der Waals surface area contributed by atoms with Crippen molar-refractivity contribution in [1.29, 1.82) is 0 Å². The van der Waals surface area contributed by atoms with Gasteiger partial charge in [-0.3, -0.25) is 4.79 Å². The van der Waals surface area contributed by atoms with Crippen LogP contribution in [0, 0.1) is 0 Å². The molecule has 4 heteroatoms. The predicted octanol–water partition coefficient (Wildman–Crippen LogP) is 2.12. The number of hydrogen-bond acceptors (Lipinski definition) is 2. The lowest BCUT2D eigenvalue weighted by atomic mass is 10.1. The van der Waals surface area contributed by atoms with Crippen LogP contribution in [0.4, 0.5) is 0 Å². The smallest absolute Gasteiger partial charge is 0.261 e. The minimum absolute atomic E-state index is 0.0567. The number of para-hydroxylation sites is 1. The molecule has 0 radical (unpaired) electrons. The summed E-state index contributed by atoms with van der Waals surface area (Å²) in [6.07, 6.45) is 1.02. The molecule has 1 aliphatic rings. The highest BCUT2D eigenvalue weighted by Gasteiger charge is 2.29. The van der Waals surface area contributed by atoms with Gasteiger partial charge in [-0.2, -0.15) is 0 Å². The molecule has 1 aliphatic heterocycles. The van der Waals surface area contributed by atoms with Gasteiger partial charge in [-0.25, -0.2) is 0 Å². The summed E-state index contributed by atoms with van der Waals surface area (Å²) in [6.45, 7) is 1.95. The van der Waals surface area contributed by atoms with Crippen LogP contribution in [0.2, 0.25) is 0 Å². The summed E-state index contributed by atoms with van der Waals surface area (Å²) in [7, 11) is 0. The number of hydrogen-bond donors (Lipinski definition) is 1. The molecule has 1 N–H and O–H groups in total. The normalized spacial score (nSPS) is 19.3. The topological polar surface area (TPSA) is 38.3 Å². The number of nitrogens with one attached hydrogen (secondary N) is 1. The van der Waals surface area contributed by atoms with Crippen molar-refractivity contribution in [3.63, 3.8) is 0 Å². The molecule has 0 saturated heterocycles. The number of ether oxygens (including phenoxy) is 1. The molecule has 0 aromatic heterocycles. The number of halogens is 1. The Morgan fingerprint density at radius 1 is 1.59 bits per heavy atom. The van der Waals surface area contributed by atoms with Crippen LogP contribution >= 0.6 is 11.6 Å². The quantitative estimate of drug-likeness (QED) is 0.835. The van der Waals surface area contributed by atoms with Crippen molar-refractivity contribution >= 4 is 17.5 Å². The van der Waals surface area contributed by atoms with Gasteiger partial charge in [0.15, 0.2) is 6.10 Å². The summed E-state index contributed by atoms with van der Waals surface area (Å²) in [5.41, 5.74) is 1.10. The number of carbonyl (C=O) groups is 1. The molecule has 0 bridgehead atoms. The SMILES string of the molecule is CC(CCCl)NC(=O)C1Cc2ccccc2O1. The molecule has 1 heterocycles. The molecule has 2 atom stereocenters. The molecule has 1 aromatic carbocycles. The van der Waals surface area contributed by atoms with E-state index in [1.807, 2.05) is 31.2 Å². The van der Waals surface area contributed by atoms with E-state index in [-0.39, 0.29) is 11.9 Å². The van der Waals surface area contributed by atoms with Crippen molar-refractivity contribution in [3.8, 4) is 5.75 Å². The average molecular weight is 254 g/mol. The first-order chi connectivity index (χ1) is 8.20. The van der Waals surface area contributed by atoms with Crippen LogP contribution in [0.25, 0.3) is 0 Å². The lowest BCUT2D eigenvalue weighted by molar-refractivity contribution is -0.127. The van der Waals surface area contributed by atoms with Crippen LogP contribution in [-0.2, 0) is 11.2 Å². The zero-order chi connectivity index (χ0) is 12.3. The molecule has 2 rings (SSSR count). The van der Waals surface area contributed by atoms with Crippen molar-refractivity contribution in [3.05, 3.63) is 29.8 Å². The molecule has 92 valence electrons. The summed E-state index contributed by atoms with van der Waals surface area (Å²) in [5.74, 6) is 1.31. The van der Waals surface area contributed by atoms with E-state index < -0.39 is 6.10 Å². The minimum atomic E-state index is -0.398. The van der Waals surface area contributed by atoms with E-state index >= 15 is 0 Å². The minimum Gasteiger partial charge on any atom is -0.480 e. The number of benzene rings is 1. The van der Waals surface area contributed by atoms with Gasteiger partial charge in [0.2, 0.25) is 0 Å². The zero-order valence-electron chi connectivity index (χ0n) is 9.78. The van der Waals surface area contributed by atoms with Gasteiger partial charge in [0.05, 0.1) is 0 Å². The molecule has 0 saturated carbocycles.